The first-order valence-corrected chi connectivity index (χ1v) is 9.24. The highest BCUT2D eigenvalue weighted by Crippen LogP contribution is 2.18. The van der Waals surface area contributed by atoms with Crippen molar-refractivity contribution in [1.82, 2.24) is 0 Å². The van der Waals surface area contributed by atoms with E-state index < -0.39 is 60.4 Å². The van der Waals surface area contributed by atoms with E-state index in [4.69, 9.17) is 23.7 Å². The van der Waals surface area contributed by atoms with Crippen molar-refractivity contribution in [2.75, 3.05) is 0 Å². The Morgan fingerprint density at radius 2 is 1.60 bits per heavy atom. The third kappa shape index (κ3) is 9.35. The summed E-state index contributed by atoms with van der Waals surface area (Å²) < 4.78 is 25.7. The second-order valence-corrected chi connectivity index (χ2v) is 6.57. The van der Waals surface area contributed by atoms with Crippen molar-refractivity contribution in [3.8, 4) is 0 Å². The maximum Gasteiger partial charge on any atom is 0.331 e. The molecule has 0 radical (unpaired) electrons. The molecule has 1 aliphatic heterocycles. The monoisotopic (exact) mass is 426 g/mol. The molecule has 0 bridgehead atoms. The van der Waals surface area contributed by atoms with Gasteiger partial charge in [0.1, 0.15) is 18.3 Å². The molecule has 5 atom stereocenters. The summed E-state index contributed by atoms with van der Waals surface area (Å²) in [5.74, 6) is -2.97. The van der Waals surface area contributed by atoms with Crippen LogP contribution in [0.15, 0.2) is 24.3 Å². The number of esters is 5. The number of carbonyl (C=O) groups is 5. The molecule has 0 aliphatic carbocycles. The summed E-state index contributed by atoms with van der Waals surface area (Å²) in [4.78, 5) is 57.0. The van der Waals surface area contributed by atoms with Gasteiger partial charge in [-0.25, -0.2) is 4.79 Å². The van der Waals surface area contributed by atoms with E-state index in [-0.39, 0.29) is 6.42 Å². The van der Waals surface area contributed by atoms with Crippen molar-refractivity contribution in [3.05, 3.63) is 24.3 Å². The molecule has 0 spiro atoms. The summed E-state index contributed by atoms with van der Waals surface area (Å²) in [6.07, 6.45) is 0.913. The van der Waals surface area contributed by atoms with Crippen molar-refractivity contribution in [2.45, 2.75) is 71.6 Å². The van der Waals surface area contributed by atoms with Crippen LogP contribution in [0.4, 0.5) is 0 Å². The van der Waals surface area contributed by atoms with Crippen LogP contribution in [0.1, 0.15) is 41.0 Å². The Hall–Kier alpha value is -3.17. The van der Waals surface area contributed by atoms with Gasteiger partial charge in [-0.2, -0.15) is 0 Å². The Morgan fingerprint density at radius 1 is 1.00 bits per heavy atom. The van der Waals surface area contributed by atoms with Crippen LogP contribution in [-0.2, 0) is 47.7 Å². The predicted octanol–water partition coefficient (Wildman–Crippen LogP) is 1.16. The first-order valence-electron chi connectivity index (χ1n) is 9.24. The summed E-state index contributed by atoms with van der Waals surface area (Å²) in [5.41, 5.74) is 0. The van der Waals surface area contributed by atoms with Gasteiger partial charge in [-0.05, 0) is 25.2 Å². The van der Waals surface area contributed by atoms with Crippen LogP contribution in [0.3, 0.4) is 0 Å². The third-order valence-electron chi connectivity index (χ3n) is 3.79. The van der Waals surface area contributed by atoms with E-state index in [1.807, 2.05) is 0 Å². The highest BCUT2D eigenvalue weighted by Gasteiger charge is 2.30. The van der Waals surface area contributed by atoms with Crippen LogP contribution >= 0.6 is 0 Å². The molecule has 10 nitrogen and oxygen atoms in total. The molecule has 0 unspecified atom stereocenters. The number of hydrogen-bond donors (Lipinski definition) is 0. The molecular weight excluding hydrogens is 400 g/mol. The number of cyclic esters (lactones) is 1. The van der Waals surface area contributed by atoms with Crippen molar-refractivity contribution >= 4 is 29.8 Å². The lowest BCUT2D eigenvalue weighted by molar-refractivity contribution is -0.167. The molecule has 1 aliphatic rings. The minimum atomic E-state index is -0.942. The molecule has 30 heavy (non-hydrogen) atoms. The van der Waals surface area contributed by atoms with Gasteiger partial charge in [0, 0.05) is 40.2 Å². The van der Waals surface area contributed by atoms with Gasteiger partial charge in [0.25, 0.3) is 0 Å². The number of rotatable bonds is 9. The Bertz CT molecular complexity index is 723. The summed E-state index contributed by atoms with van der Waals surface area (Å²) in [6.45, 7) is 6.36. The standard InChI is InChI=1S/C20H26O10/c1-11(26-12(2)21)19(29-15(5)24)10-16(27-13(3)22)6-7-18-17(28-14(4)23)8-9-20(25)30-18/h6-9,11,16-19H,10H2,1-5H3/t11-,16+,17-,18-,19+/m0/s1. The Balaban J connectivity index is 3.02. The van der Waals surface area contributed by atoms with Crippen LogP contribution < -0.4 is 0 Å². The SMILES string of the molecule is CC(=O)O[C@H](C=C[C@@H]1OC(=O)C=C[C@@H]1OC(C)=O)C[C@@H](OC(C)=O)[C@H](C)OC(C)=O. The molecule has 0 fully saturated rings. The van der Waals surface area contributed by atoms with Gasteiger partial charge in [0.15, 0.2) is 12.2 Å². The fourth-order valence-corrected chi connectivity index (χ4v) is 2.70. The van der Waals surface area contributed by atoms with Crippen LogP contribution in [0.5, 0.6) is 0 Å². The second kappa shape index (κ2) is 11.7. The van der Waals surface area contributed by atoms with Crippen molar-refractivity contribution < 1.29 is 47.7 Å². The summed E-state index contributed by atoms with van der Waals surface area (Å²) in [6, 6.07) is 0. The quantitative estimate of drug-likeness (QED) is 0.300. The molecule has 1 rings (SSSR count). The van der Waals surface area contributed by atoms with E-state index in [0.717, 1.165) is 6.08 Å². The fourth-order valence-electron chi connectivity index (χ4n) is 2.70. The lowest BCUT2D eigenvalue weighted by atomic mass is 10.0. The van der Waals surface area contributed by atoms with Gasteiger partial charge in [-0.1, -0.05) is 0 Å². The molecule has 166 valence electrons. The highest BCUT2D eigenvalue weighted by molar-refractivity contribution is 5.83. The summed E-state index contributed by atoms with van der Waals surface area (Å²) >= 11 is 0. The molecule has 0 aromatic heterocycles. The number of ether oxygens (including phenoxy) is 5. The molecule has 0 aromatic carbocycles. The Kier molecular flexibility index (Phi) is 9.73. The fraction of sp³-hybridized carbons (Fsp3) is 0.550. The molecule has 0 saturated carbocycles. The third-order valence-corrected chi connectivity index (χ3v) is 3.79. The maximum absolute atomic E-state index is 11.5. The molecule has 0 N–H and O–H groups in total. The Morgan fingerprint density at radius 3 is 2.13 bits per heavy atom. The molecular formula is C20H26O10. The van der Waals surface area contributed by atoms with Gasteiger partial charge in [-0.3, -0.25) is 19.2 Å². The van der Waals surface area contributed by atoms with E-state index in [9.17, 15) is 24.0 Å². The van der Waals surface area contributed by atoms with Crippen LogP contribution in [-0.4, -0.2) is 60.4 Å². The zero-order valence-corrected chi connectivity index (χ0v) is 17.5. The van der Waals surface area contributed by atoms with Crippen molar-refractivity contribution in [3.63, 3.8) is 0 Å². The molecule has 1 heterocycles. The smallest absolute Gasteiger partial charge is 0.331 e. The van der Waals surface area contributed by atoms with E-state index in [1.165, 1.54) is 52.8 Å². The molecule has 10 heteroatoms. The Labute approximate surface area is 174 Å². The van der Waals surface area contributed by atoms with Gasteiger partial charge in [0.05, 0.1) is 0 Å². The average Bonchev–Trinajstić information content (AvgIpc) is 2.59. The molecule has 0 amide bonds. The van der Waals surface area contributed by atoms with Crippen LogP contribution in [0.2, 0.25) is 0 Å². The van der Waals surface area contributed by atoms with E-state index in [0.29, 0.717) is 0 Å². The van der Waals surface area contributed by atoms with Gasteiger partial charge in [-0.15, -0.1) is 0 Å². The first kappa shape index (κ1) is 24.9. The lowest BCUT2D eigenvalue weighted by Gasteiger charge is -2.27. The minimum Gasteiger partial charge on any atom is -0.459 e. The van der Waals surface area contributed by atoms with E-state index >= 15 is 0 Å². The first-order chi connectivity index (χ1) is 14.0. The van der Waals surface area contributed by atoms with E-state index in [1.54, 1.807) is 0 Å². The van der Waals surface area contributed by atoms with E-state index in [2.05, 4.69) is 0 Å². The zero-order chi connectivity index (χ0) is 22.8. The summed E-state index contributed by atoms with van der Waals surface area (Å²) in [7, 11) is 0. The van der Waals surface area contributed by atoms with Crippen molar-refractivity contribution in [1.29, 1.82) is 0 Å². The number of carbonyl (C=O) groups excluding carboxylic acids is 5. The largest absolute Gasteiger partial charge is 0.459 e. The summed E-state index contributed by atoms with van der Waals surface area (Å²) in [5, 5.41) is 0. The highest BCUT2D eigenvalue weighted by atomic mass is 16.6. The topological polar surface area (TPSA) is 132 Å². The normalized spacial score (nSPS) is 21.2. The maximum atomic E-state index is 11.5. The lowest BCUT2D eigenvalue weighted by Crippen LogP contribution is -2.37. The molecule has 0 saturated heterocycles. The average molecular weight is 426 g/mol. The molecule has 0 aromatic rings. The number of hydrogen-bond acceptors (Lipinski definition) is 10. The predicted molar refractivity (Wildman–Crippen MR) is 101 cm³/mol. The zero-order valence-electron chi connectivity index (χ0n) is 17.5. The van der Waals surface area contributed by atoms with Crippen LogP contribution in [0.25, 0.3) is 0 Å². The van der Waals surface area contributed by atoms with Gasteiger partial charge < -0.3 is 23.7 Å². The van der Waals surface area contributed by atoms with Gasteiger partial charge in [0.2, 0.25) is 0 Å². The van der Waals surface area contributed by atoms with Crippen LogP contribution in [0, 0.1) is 0 Å². The minimum absolute atomic E-state index is 0.0289. The van der Waals surface area contributed by atoms with Crippen molar-refractivity contribution in [2.24, 2.45) is 0 Å². The van der Waals surface area contributed by atoms with Gasteiger partial charge >= 0.3 is 29.8 Å². The second-order valence-electron chi connectivity index (χ2n) is 6.57.